The summed E-state index contributed by atoms with van der Waals surface area (Å²) in [6, 6.07) is -0.579. The average Bonchev–Trinajstić information content (AvgIpc) is 2.33. The third kappa shape index (κ3) is 2.93. The molecular weight excluding hydrogens is 268 g/mol. The Morgan fingerprint density at radius 2 is 2.00 bits per heavy atom. The quantitative estimate of drug-likeness (QED) is 0.780. The first-order valence-electron chi connectivity index (χ1n) is 6.75. The topological polar surface area (TPSA) is 77.9 Å². The minimum absolute atomic E-state index is 0.164. The molecule has 0 spiro atoms. The number of likely N-dealkylation sites (tertiary alicyclic amines) is 1. The van der Waals surface area contributed by atoms with Gasteiger partial charge in [0.25, 0.3) is 0 Å². The van der Waals surface area contributed by atoms with Crippen LogP contribution in [0.3, 0.4) is 0 Å². The predicted molar refractivity (Wildman–Crippen MR) is 71.0 cm³/mol. The molecule has 1 N–H and O–H groups in total. The van der Waals surface area contributed by atoms with Crippen molar-refractivity contribution in [3.8, 4) is 0 Å². The van der Waals surface area contributed by atoms with Crippen LogP contribution >= 0.6 is 0 Å². The van der Waals surface area contributed by atoms with Gasteiger partial charge in [-0.25, -0.2) is 8.42 Å². The largest absolute Gasteiger partial charge is 0.386 e. The summed E-state index contributed by atoms with van der Waals surface area (Å²) in [5.74, 6) is -0.164. The maximum Gasteiger partial charge on any atom is 0.241 e. The van der Waals surface area contributed by atoms with Crippen LogP contribution in [0.2, 0.25) is 0 Å². The van der Waals surface area contributed by atoms with E-state index in [2.05, 4.69) is 0 Å². The highest BCUT2D eigenvalue weighted by Crippen LogP contribution is 2.28. The van der Waals surface area contributed by atoms with E-state index in [4.69, 9.17) is 0 Å². The number of nitrogens with zero attached hydrogens (tertiary/aromatic N) is 2. The molecule has 7 heteroatoms. The second kappa shape index (κ2) is 5.03. The van der Waals surface area contributed by atoms with Gasteiger partial charge in [-0.05, 0) is 19.3 Å². The van der Waals surface area contributed by atoms with Crippen LogP contribution in [0, 0.1) is 0 Å². The fraction of sp³-hybridized carbons (Fsp3) is 0.917. The minimum atomic E-state index is -3.35. The Bertz CT molecular complexity index is 456. The van der Waals surface area contributed by atoms with E-state index < -0.39 is 21.7 Å². The normalized spacial score (nSPS) is 27.9. The summed E-state index contributed by atoms with van der Waals surface area (Å²) in [5.41, 5.74) is -0.778. The van der Waals surface area contributed by atoms with Crippen LogP contribution in [0.5, 0.6) is 0 Å². The van der Waals surface area contributed by atoms with E-state index in [1.165, 1.54) is 4.31 Å². The van der Waals surface area contributed by atoms with E-state index >= 15 is 0 Å². The molecule has 2 heterocycles. The Balaban J connectivity index is 2.06. The Morgan fingerprint density at radius 1 is 1.37 bits per heavy atom. The minimum Gasteiger partial charge on any atom is -0.386 e. The number of sulfonamides is 1. The van der Waals surface area contributed by atoms with Gasteiger partial charge in [0, 0.05) is 6.54 Å². The van der Waals surface area contributed by atoms with Crippen LogP contribution in [-0.4, -0.2) is 66.2 Å². The van der Waals surface area contributed by atoms with Crippen molar-refractivity contribution in [1.82, 2.24) is 9.21 Å². The second-order valence-corrected chi connectivity index (χ2v) is 7.59. The maximum absolute atomic E-state index is 12.3. The fourth-order valence-electron chi connectivity index (χ4n) is 2.80. The molecule has 0 saturated carbocycles. The molecule has 110 valence electrons. The molecule has 0 bridgehead atoms. The van der Waals surface area contributed by atoms with Gasteiger partial charge >= 0.3 is 0 Å². The van der Waals surface area contributed by atoms with Crippen molar-refractivity contribution < 1.29 is 18.3 Å². The fourth-order valence-corrected chi connectivity index (χ4v) is 3.92. The number of amides is 1. The number of β-amino-alcohol motifs (C(OH)–C–C–N with tert-alkyl or cyclic N) is 1. The molecule has 1 amide bonds. The Labute approximate surface area is 114 Å². The zero-order valence-electron chi connectivity index (χ0n) is 11.5. The van der Waals surface area contributed by atoms with Crippen LogP contribution in [-0.2, 0) is 14.8 Å². The van der Waals surface area contributed by atoms with Crippen molar-refractivity contribution in [3.63, 3.8) is 0 Å². The standard InChI is InChI=1S/C12H22N2O4S/c1-3-12(16)8-13(9-12)11(15)10-6-4-5-7-14(10)19(2,17)18/h10,16H,3-9H2,1-2H3. The summed E-state index contributed by atoms with van der Waals surface area (Å²) < 4.78 is 24.7. The molecule has 19 heavy (non-hydrogen) atoms. The third-order valence-corrected chi connectivity index (χ3v) is 5.39. The molecule has 1 unspecified atom stereocenters. The second-order valence-electron chi connectivity index (χ2n) is 5.66. The van der Waals surface area contributed by atoms with Crippen LogP contribution in [0.15, 0.2) is 0 Å². The molecule has 0 radical (unpaired) electrons. The number of hydrogen-bond donors (Lipinski definition) is 1. The van der Waals surface area contributed by atoms with Crippen molar-refractivity contribution in [1.29, 1.82) is 0 Å². The number of piperidine rings is 1. The lowest BCUT2D eigenvalue weighted by atomic mass is 9.90. The summed E-state index contributed by atoms with van der Waals surface area (Å²) in [4.78, 5) is 13.9. The molecule has 0 aromatic rings. The Morgan fingerprint density at radius 3 is 2.53 bits per heavy atom. The molecular formula is C12H22N2O4S. The Hall–Kier alpha value is -0.660. The number of rotatable bonds is 3. The zero-order chi connectivity index (χ0) is 14.3. The predicted octanol–water partition coefficient (Wildman–Crippen LogP) is -0.216. The molecule has 2 rings (SSSR count). The van der Waals surface area contributed by atoms with Gasteiger partial charge in [-0.15, -0.1) is 0 Å². The SMILES string of the molecule is CCC1(O)CN(C(=O)C2CCCCN2S(C)(=O)=O)C1. The molecule has 6 nitrogen and oxygen atoms in total. The van der Waals surface area contributed by atoms with Crippen molar-refractivity contribution in [2.24, 2.45) is 0 Å². The first kappa shape index (κ1) is 14.7. The Kier molecular flexibility index (Phi) is 3.90. The van der Waals surface area contributed by atoms with Crippen LogP contribution in [0.1, 0.15) is 32.6 Å². The molecule has 2 saturated heterocycles. The molecule has 2 aliphatic rings. The van der Waals surface area contributed by atoms with Gasteiger partial charge < -0.3 is 10.0 Å². The van der Waals surface area contributed by atoms with Crippen LogP contribution in [0.4, 0.5) is 0 Å². The lowest BCUT2D eigenvalue weighted by Crippen LogP contribution is -2.66. The molecule has 0 aromatic carbocycles. The molecule has 2 fully saturated rings. The first-order chi connectivity index (χ1) is 8.77. The maximum atomic E-state index is 12.3. The van der Waals surface area contributed by atoms with Crippen molar-refractivity contribution in [2.75, 3.05) is 25.9 Å². The number of carbonyl (C=O) groups is 1. The van der Waals surface area contributed by atoms with Gasteiger partial charge in [0.05, 0.1) is 24.9 Å². The third-order valence-electron chi connectivity index (χ3n) is 4.10. The van der Waals surface area contributed by atoms with Crippen LogP contribution in [0.25, 0.3) is 0 Å². The molecule has 0 aromatic heterocycles. The molecule has 2 aliphatic heterocycles. The average molecular weight is 290 g/mol. The van der Waals surface area contributed by atoms with Gasteiger partial charge in [-0.2, -0.15) is 4.31 Å². The highest BCUT2D eigenvalue weighted by molar-refractivity contribution is 7.88. The zero-order valence-corrected chi connectivity index (χ0v) is 12.3. The summed E-state index contributed by atoms with van der Waals surface area (Å²) in [5, 5.41) is 9.94. The first-order valence-corrected chi connectivity index (χ1v) is 8.60. The summed E-state index contributed by atoms with van der Waals surface area (Å²) >= 11 is 0. The van der Waals surface area contributed by atoms with E-state index in [9.17, 15) is 18.3 Å². The smallest absolute Gasteiger partial charge is 0.241 e. The highest BCUT2D eigenvalue weighted by Gasteiger charge is 2.46. The highest BCUT2D eigenvalue weighted by atomic mass is 32.2. The summed E-state index contributed by atoms with van der Waals surface area (Å²) in [7, 11) is -3.35. The van der Waals surface area contributed by atoms with Crippen molar-refractivity contribution >= 4 is 15.9 Å². The van der Waals surface area contributed by atoms with Gasteiger partial charge in [-0.3, -0.25) is 4.79 Å². The van der Waals surface area contributed by atoms with E-state index in [0.29, 0.717) is 32.5 Å². The van der Waals surface area contributed by atoms with E-state index in [1.54, 1.807) is 4.90 Å². The van der Waals surface area contributed by atoms with E-state index in [0.717, 1.165) is 19.1 Å². The number of carbonyl (C=O) groups excluding carboxylic acids is 1. The van der Waals surface area contributed by atoms with Gasteiger partial charge in [0.2, 0.25) is 15.9 Å². The molecule has 0 aliphatic carbocycles. The molecule has 1 atom stereocenters. The summed E-state index contributed by atoms with van der Waals surface area (Å²) in [6.07, 6.45) is 4.01. The van der Waals surface area contributed by atoms with Crippen molar-refractivity contribution in [2.45, 2.75) is 44.2 Å². The number of aliphatic hydroxyl groups is 1. The van der Waals surface area contributed by atoms with Crippen LogP contribution < -0.4 is 0 Å². The lowest BCUT2D eigenvalue weighted by Gasteiger charge is -2.48. The van der Waals surface area contributed by atoms with E-state index in [-0.39, 0.29) is 5.91 Å². The number of hydrogen-bond acceptors (Lipinski definition) is 4. The summed E-state index contributed by atoms with van der Waals surface area (Å²) in [6.45, 7) is 2.93. The van der Waals surface area contributed by atoms with Gasteiger partial charge in [0.1, 0.15) is 6.04 Å². The van der Waals surface area contributed by atoms with Crippen molar-refractivity contribution in [3.05, 3.63) is 0 Å². The van der Waals surface area contributed by atoms with E-state index in [1.807, 2.05) is 6.92 Å². The lowest BCUT2D eigenvalue weighted by molar-refractivity contribution is -0.160. The van der Waals surface area contributed by atoms with Gasteiger partial charge in [-0.1, -0.05) is 13.3 Å². The monoisotopic (exact) mass is 290 g/mol. The van der Waals surface area contributed by atoms with Gasteiger partial charge in [0.15, 0.2) is 0 Å².